The first-order chi connectivity index (χ1) is 13.2. The minimum absolute atomic E-state index is 0.0363. The summed E-state index contributed by atoms with van der Waals surface area (Å²) in [5, 5.41) is 2.38. The molecule has 1 fully saturated rings. The van der Waals surface area contributed by atoms with Crippen LogP contribution in [0.25, 0.3) is 0 Å². The van der Waals surface area contributed by atoms with E-state index in [4.69, 9.17) is 4.74 Å². The lowest BCUT2D eigenvalue weighted by Crippen LogP contribution is -2.46. The highest BCUT2D eigenvalue weighted by Crippen LogP contribution is 2.34. The quantitative estimate of drug-likeness (QED) is 0.687. The zero-order chi connectivity index (χ0) is 22.0. The zero-order valence-corrected chi connectivity index (χ0v) is 16.8. The van der Waals surface area contributed by atoms with E-state index in [2.05, 4.69) is 10.0 Å². The van der Waals surface area contributed by atoms with Gasteiger partial charge in [-0.25, -0.2) is 17.9 Å². The van der Waals surface area contributed by atoms with Gasteiger partial charge < -0.3 is 10.1 Å². The number of hydrogen-bond donors (Lipinski definition) is 2. The van der Waals surface area contributed by atoms with Crippen molar-refractivity contribution < 1.29 is 35.9 Å². The van der Waals surface area contributed by atoms with E-state index in [0.717, 1.165) is 17.0 Å². The molecule has 1 aliphatic rings. The van der Waals surface area contributed by atoms with Gasteiger partial charge in [0.25, 0.3) is 0 Å². The summed E-state index contributed by atoms with van der Waals surface area (Å²) < 4.78 is 72.1. The van der Waals surface area contributed by atoms with Crippen LogP contribution in [0, 0.1) is 0 Å². The Morgan fingerprint density at radius 2 is 1.86 bits per heavy atom. The summed E-state index contributed by atoms with van der Waals surface area (Å²) >= 11 is 0. The molecule has 12 heteroatoms. The molecular weight excluding hydrogens is 415 g/mol. The molecule has 2 rings (SSSR count). The van der Waals surface area contributed by atoms with Crippen molar-refractivity contribution >= 4 is 22.5 Å². The summed E-state index contributed by atoms with van der Waals surface area (Å²) in [7, 11) is -4.55. The highest BCUT2D eigenvalue weighted by molar-refractivity contribution is 7.89. The minimum atomic E-state index is -4.86. The van der Waals surface area contributed by atoms with Crippen LogP contribution in [0.4, 0.5) is 18.0 Å². The number of nitrogens with one attached hydrogen (secondary N) is 2. The van der Waals surface area contributed by atoms with Crippen LogP contribution < -0.4 is 10.0 Å². The average Bonchev–Trinajstić information content (AvgIpc) is 2.95. The summed E-state index contributed by atoms with van der Waals surface area (Å²) in [6.07, 6.45) is -6.20. The number of amides is 2. The van der Waals surface area contributed by atoms with Crippen LogP contribution in [0.2, 0.25) is 0 Å². The number of benzene rings is 1. The zero-order valence-electron chi connectivity index (χ0n) is 16.0. The molecule has 2 amide bonds. The van der Waals surface area contributed by atoms with Gasteiger partial charge in [0.15, 0.2) is 0 Å². The Hall–Kier alpha value is -2.34. The highest BCUT2D eigenvalue weighted by Gasteiger charge is 2.41. The van der Waals surface area contributed by atoms with Crippen LogP contribution >= 0.6 is 0 Å². The third kappa shape index (κ3) is 5.82. The molecule has 2 N–H and O–H groups in total. The predicted octanol–water partition coefficient (Wildman–Crippen LogP) is 2.07. The van der Waals surface area contributed by atoms with Gasteiger partial charge in [-0.2, -0.15) is 13.2 Å². The fourth-order valence-corrected chi connectivity index (χ4v) is 4.37. The fraction of sp³-hybridized carbons (Fsp3) is 0.529. The molecule has 1 saturated heterocycles. The van der Waals surface area contributed by atoms with E-state index in [0.29, 0.717) is 12.5 Å². The van der Waals surface area contributed by atoms with Crippen molar-refractivity contribution in [3.63, 3.8) is 0 Å². The second-order valence-electron chi connectivity index (χ2n) is 7.48. The third-order valence-electron chi connectivity index (χ3n) is 3.99. The Labute approximate surface area is 166 Å². The molecule has 29 heavy (non-hydrogen) atoms. The SMILES string of the molecule is CC(C)(C)OC(=O)N1C[C@H](NS(=O)(=O)c2ccccc2C(F)(F)F)C[C@H]1NC=O. The van der Waals surface area contributed by atoms with Crippen molar-refractivity contribution in [2.24, 2.45) is 0 Å². The normalized spacial score (nSPS) is 20.4. The molecule has 0 aliphatic carbocycles. The van der Waals surface area contributed by atoms with E-state index in [1.54, 1.807) is 20.8 Å². The van der Waals surface area contributed by atoms with Crippen molar-refractivity contribution in [1.82, 2.24) is 14.9 Å². The summed E-state index contributed by atoms with van der Waals surface area (Å²) in [6.45, 7) is 4.72. The topological polar surface area (TPSA) is 105 Å². The lowest BCUT2D eigenvalue weighted by atomic mass is 10.2. The van der Waals surface area contributed by atoms with Gasteiger partial charge in [-0.15, -0.1) is 0 Å². The van der Waals surface area contributed by atoms with E-state index in [1.165, 1.54) is 6.07 Å². The minimum Gasteiger partial charge on any atom is -0.444 e. The maximum atomic E-state index is 13.2. The Kier molecular flexibility index (Phi) is 6.48. The van der Waals surface area contributed by atoms with Gasteiger partial charge in [-0.3, -0.25) is 9.69 Å². The van der Waals surface area contributed by atoms with Crippen LogP contribution in [0.3, 0.4) is 0 Å². The first kappa shape index (κ1) is 22.9. The molecule has 0 bridgehead atoms. The maximum absolute atomic E-state index is 13.2. The molecule has 0 unspecified atom stereocenters. The summed E-state index contributed by atoms with van der Waals surface area (Å²) in [5.41, 5.74) is -2.12. The van der Waals surface area contributed by atoms with Crippen molar-refractivity contribution in [2.75, 3.05) is 6.54 Å². The van der Waals surface area contributed by atoms with Gasteiger partial charge in [0, 0.05) is 19.0 Å². The molecule has 2 atom stereocenters. The van der Waals surface area contributed by atoms with Gasteiger partial charge in [0.1, 0.15) is 11.8 Å². The lowest BCUT2D eigenvalue weighted by Gasteiger charge is -2.28. The van der Waals surface area contributed by atoms with Crippen molar-refractivity contribution in [2.45, 2.75) is 56.1 Å². The van der Waals surface area contributed by atoms with Crippen LogP contribution in [0.5, 0.6) is 0 Å². The van der Waals surface area contributed by atoms with Crippen LogP contribution in [-0.4, -0.2) is 50.2 Å². The highest BCUT2D eigenvalue weighted by atomic mass is 32.2. The Morgan fingerprint density at radius 1 is 1.24 bits per heavy atom. The Bertz CT molecular complexity index is 868. The van der Waals surface area contributed by atoms with E-state index in [9.17, 15) is 31.2 Å². The second kappa shape index (κ2) is 8.19. The smallest absolute Gasteiger partial charge is 0.417 e. The number of likely N-dealkylation sites (tertiary alicyclic amines) is 1. The van der Waals surface area contributed by atoms with E-state index < -0.39 is 50.6 Å². The third-order valence-corrected chi connectivity index (χ3v) is 5.57. The van der Waals surface area contributed by atoms with Crippen LogP contribution in [0.1, 0.15) is 32.8 Å². The molecule has 0 saturated carbocycles. The first-order valence-electron chi connectivity index (χ1n) is 8.62. The van der Waals surface area contributed by atoms with Crippen molar-refractivity contribution in [3.8, 4) is 0 Å². The molecule has 1 aromatic carbocycles. The van der Waals surface area contributed by atoms with Gasteiger partial charge >= 0.3 is 12.3 Å². The molecule has 0 aromatic heterocycles. The van der Waals surface area contributed by atoms with E-state index in [-0.39, 0.29) is 13.0 Å². The largest absolute Gasteiger partial charge is 0.444 e. The molecule has 8 nitrogen and oxygen atoms in total. The predicted molar refractivity (Wildman–Crippen MR) is 96.1 cm³/mol. The number of hydrogen-bond acceptors (Lipinski definition) is 5. The summed E-state index contributed by atoms with van der Waals surface area (Å²) in [5.74, 6) is 0. The molecule has 1 aromatic rings. The number of nitrogens with zero attached hydrogens (tertiary/aromatic N) is 1. The van der Waals surface area contributed by atoms with Crippen LogP contribution in [0.15, 0.2) is 29.2 Å². The maximum Gasteiger partial charge on any atom is 0.417 e. The van der Waals surface area contributed by atoms with Crippen molar-refractivity contribution in [1.29, 1.82) is 0 Å². The summed E-state index contributed by atoms with van der Waals surface area (Å²) in [4.78, 5) is 23.4. The standard InChI is InChI=1S/C17H22F3N3O5S/c1-16(2,3)28-15(25)23-9-11(8-14(23)21-10-24)22-29(26,27)13-7-5-4-6-12(13)17(18,19)20/h4-7,10-11,14,22H,8-9H2,1-3H3,(H,21,24)/t11-,14+/m1/s1. The van der Waals surface area contributed by atoms with Gasteiger partial charge in [0.05, 0.1) is 10.5 Å². The number of ether oxygens (including phenoxy) is 1. The van der Waals surface area contributed by atoms with Gasteiger partial charge in [-0.05, 0) is 32.9 Å². The lowest BCUT2D eigenvalue weighted by molar-refractivity contribution is -0.139. The number of carbonyl (C=O) groups excluding carboxylic acids is 2. The number of sulfonamides is 1. The second-order valence-corrected chi connectivity index (χ2v) is 9.16. The Balaban J connectivity index is 2.24. The number of alkyl halides is 3. The molecule has 1 heterocycles. The number of carbonyl (C=O) groups is 2. The molecule has 0 radical (unpaired) electrons. The monoisotopic (exact) mass is 437 g/mol. The molecular formula is C17H22F3N3O5S. The summed E-state index contributed by atoms with van der Waals surface area (Å²) in [6, 6.07) is 2.87. The van der Waals surface area contributed by atoms with E-state index >= 15 is 0 Å². The number of rotatable bonds is 5. The fourth-order valence-electron chi connectivity index (χ4n) is 2.90. The average molecular weight is 437 g/mol. The van der Waals surface area contributed by atoms with Crippen LogP contribution in [-0.2, 0) is 25.7 Å². The van der Waals surface area contributed by atoms with Gasteiger partial charge in [-0.1, -0.05) is 12.1 Å². The molecule has 1 aliphatic heterocycles. The van der Waals surface area contributed by atoms with E-state index in [1.807, 2.05) is 0 Å². The molecule has 0 spiro atoms. The first-order valence-corrected chi connectivity index (χ1v) is 10.1. The van der Waals surface area contributed by atoms with Gasteiger partial charge in [0.2, 0.25) is 16.4 Å². The molecule has 162 valence electrons. The number of halogens is 3. The van der Waals surface area contributed by atoms with Crippen molar-refractivity contribution in [3.05, 3.63) is 29.8 Å². The Morgan fingerprint density at radius 3 is 2.41 bits per heavy atom.